The highest BCUT2D eigenvalue weighted by atomic mass is 32.1. The lowest BCUT2D eigenvalue weighted by atomic mass is 9.93. The predicted molar refractivity (Wildman–Crippen MR) is 74.0 cm³/mol. The molecule has 1 aromatic rings. The molecule has 0 atom stereocenters. The summed E-state index contributed by atoms with van der Waals surface area (Å²) in [6.07, 6.45) is 0. The molecule has 0 aliphatic rings. The number of rotatable bonds is 4. The Morgan fingerprint density at radius 3 is 2.56 bits per heavy atom. The van der Waals surface area contributed by atoms with Crippen molar-refractivity contribution in [3.05, 3.63) is 35.1 Å². The molecule has 1 aromatic carbocycles. The van der Waals surface area contributed by atoms with E-state index in [1.807, 2.05) is 13.8 Å². The first-order valence-corrected chi connectivity index (χ1v) is 5.98. The summed E-state index contributed by atoms with van der Waals surface area (Å²) in [5, 5.41) is 2.70. The van der Waals surface area contributed by atoms with Gasteiger partial charge < -0.3 is 11.1 Å². The van der Waals surface area contributed by atoms with Crippen molar-refractivity contribution in [2.24, 2.45) is 11.1 Å². The Morgan fingerprint density at radius 1 is 1.44 bits per heavy atom. The highest BCUT2D eigenvalue weighted by Gasteiger charge is 2.22. The van der Waals surface area contributed by atoms with Gasteiger partial charge >= 0.3 is 0 Å². The van der Waals surface area contributed by atoms with Gasteiger partial charge in [-0.15, -0.1) is 0 Å². The van der Waals surface area contributed by atoms with Crippen LogP contribution in [0.4, 0.5) is 4.39 Å². The quantitative estimate of drug-likeness (QED) is 0.823. The van der Waals surface area contributed by atoms with Gasteiger partial charge in [-0.25, -0.2) is 4.39 Å². The van der Waals surface area contributed by atoms with E-state index in [1.54, 1.807) is 13.0 Å². The van der Waals surface area contributed by atoms with Crippen molar-refractivity contribution in [3.63, 3.8) is 0 Å². The average Bonchev–Trinajstić information content (AvgIpc) is 2.24. The van der Waals surface area contributed by atoms with Gasteiger partial charge in [0.05, 0.1) is 4.99 Å². The van der Waals surface area contributed by atoms with Crippen LogP contribution in [-0.2, 0) is 0 Å². The van der Waals surface area contributed by atoms with Gasteiger partial charge in [0.1, 0.15) is 5.82 Å². The summed E-state index contributed by atoms with van der Waals surface area (Å²) in [7, 11) is 0. The molecule has 0 aliphatic carbocycles. The molecule has 3 nitrogen and oxygen atoms in total. The smallest absolute Gasteiger partial charge is 0.251 e. The summed E-state index contributed by atoms with van der Waals surface area (Å²) in [5.41, 5.74) is 6.10. The van der Waals surface area contributed by atoms with Crippen LogP contribution in [0, 0.1) is 18.2 Å². The maximum Gasteiger partial charge on any atom is 0.251 e. The minimum atomic E-state index is -0.465. The zero-order valence-electron chi connectivity index (χ0n) is 10.7. The SMILES string of the molecule is Cc1cc(F)cc(C(=O)NCC(C)(C)C(N)=S)c1. The van der Waals surface area contributed by atoms with E-state index in [4.69, 9.17) is 18.0 Å². The summed E-state index contributed by atoms with van der Waals surface area (Å²) in [5.74, 6) is -0.754. The molecule has 98 valence electrons. The first kappa shape index (κ1) is 14.6. The molecule has 0 heterocycles. The number of benzene rings is 1. The van der Waals surface area contributed by atoms with Crippen LogP contribution in [0.25, 0.3) is 0 Å². The van der Waals surface area contributed by atoms with Crippen molar-refractivity contribution < 1.29 is 9.18 Å². The molecule has 5 heteroatoms. The Labute approximate surface area is 112 Å². The van der Waals surface area contributed by atoms with Crippen molar-refractivity contribution >= 4 is 23.1 Å². The lowest BCUT2D eigenvalue weighted by Gasteiger charge is -2.23. The molecule has 0 aliphatic heterocycles. The molecule has 1 rings (SSSR count). The van der Waals surface area contributed by atoms with Gasteiger partial charge in [0, 0.05) is 17.5 Å². The van der Waals surface area contributed by atoms with E-state index in [0.29, 0.717) is 22.7 Å². The highest BCUT2D eigenvalue weighted by Crippen LogP contribution is 2.14. The van der Waals surface area contributed by atoms with Crippen molar-refractivity contribution in [1.29, 1.82) is 0 Å². The molecule has 0 aromatic heterocycles. The van der Waals surface area contributed by atoms with Gasteiger partial charge in [-0.05, 0) is 30.7 Å². The molecule has 3 N–H and O–H groups in total. The topological polar surface area (TPSA) is 55.1 Å². The second-order valence-electron chi connectivity index (χ2n) is 4.95. The molecule has 0 spiro atoms. The number of carbonyl (C=O) groups excluding carboxylic acids is 1. The maximum atomic E-state index is 13.2. The Morgan fingerprint density at radius 2 is 2.06 bits per heavy atom. The van der Waals surface area contributed by atoms with Crippen LogP contribution >= 0.6 is 12.2 Å². The Balaban J connectivity index is 2.75. The number of amides is 1. The van der Waals surface area contributed by atoms with Gasteiger partial charge in [0.2, 0.25) is 0 Å². The largest absolute Gasteiger partial charge is 0.393 e. The first-order valence-electron chi connectivity index (χ1n) is 5.58. The van der Waals surface area contributed by atoms with E-state index < -0.39 is 11.2 Å². The van der Waals surface area contributed by atoms with Crippen LogP contribution in [0.1, 0.15) is 29.8 Å². The Kier molecular flexibility index (Phi) is 4.40. The van der Waals surface area contributed by atoms with E-state index in [0.717, 1.165) is 0 Å². The number of hydrogen-bond donors (Lipinski definition) is 2. The number of aryl methyl sites for hydroxylation is 1. The minimum absolute atomic E-state index is 0.297. The van der Waals surface area contributed by atoms with Crippen molar-refractivity contribution in [3.8, 4) is 0 Å². The second kappa shape index (κ2) is 5.44. The lowest BCUT2D eigenvalue weighted by Crippen LogP contribution is -2.41. The van der Waals surface area contributed by atoms with Crippen LogP contribution in [0.2, 0.25) is 0 Å². The monoisotopic (exact) mass is 268 g/mol. The van der Waals surface area contributed by atoms with Crippen molar-refractivity contribution in [2.75, 3.05) is 6.54 Å². The summed E-state index contributed by atoms with van der Waals surface area (Å²) >= 11 is 4.91. The molecule has 18 heavy (non-hydrogen) atoms. The Hall–Kier alpha value is -1.49. The summed E-state index contributed by atoms with van der Waals surface area (Å²) in [4.78, 5) is 12.2. The minimum Gasteiger partial charge on any atom is -0.393 e. The summed E-state index contributed by atoms with van der Waals surface area (Å²) in [6.45, 7) is 5.73. The van der Waals surface area contributed by atoms with Gasteiger partial charge in [0.25, 0.3) is 5.91 Å². The number of carbonyl (C=O) groups is 1. The van der Waals surface area contributed by atoms with E-state index in [-0.39, 0.29) is 5.91 Å². The number of halogens is 1. The third-order valence-corrected chi connectivity index (χ3v) is 3.21. The van der Waals surface area contributed by atoms with Crippen molar-refractivity contribution in [1.82, 2.24) is 5.32 Å². The average molecular weight is 268 g/mol. The van der Waals surface area contributed by atoms with Crippen molar-refractivity contribution in [2.45, 2.75) is 20.8 Å². The molecular formula is C13H17FN2OS. The third kappa shape index (κ3) is 3.77. The van der Waals surface area contributed by atoms with E-state index in [1.165, 1.54) is 12.1 Å². The fourth-order valence-corrected chi connectivity index (χ4v) is 1.43. The van der Waals surface area contributed by atoms with Crippen LogP contribution in [0.15, 0.2) is 18.2 Å². The molecule has 1 amide bonds. The normalized spacial score (nSPS) is 11.1. The van der Waals surface area contributed by atoms with Crippen LogP contribution in [-0.4, -0.2) is 17.4 Å². The van der Waals surface area contributed by atoms with Gasteiger partial charge in [-0.3, -0.25) is 4.79 Å². The molecule has 0 bridgehead atoms. The predicted octanol–water partition coefficient (Wildman–Crippen LogP) is 2.18. The van der Waals surface area contributed by atoms with Gasteiger partial charge in [0.15, 0.2) is 0 Å². The summed E-state index contributed by atoms with van der Waals surface area (Å²) < 4.78 is 13.2. The van der Waals surface area contributed by atoms with E-state index in [9.17, 15) is 9.18 Å². The number of nitrogens with one attached hydrogen (secondary N) is 1. The van der Waals surface area contributed by atoms with Gasteiger partial charge in [-0.2, -0.15) is 0 Å². The zero-order chi connectivity index (χ0) is 13.9. The van der Waals surface area contributed by atoms with Gasteiger partial charge in [-0.1, -0.05) is 26.1 Å². The molecule has 0 fully saturated rings. The standard InChI is InChI=1S/C13H17FN2OS/c1-8-4-9(6-10(14)5-8)11(17)16-7-13(2,3)12(15)18/h4-6H,7H2,1-3H3,(H2,15,18)(H,16,17). The number of hydrogen-bond acceptors (Lipinski definition) is 2. The maximum absolute atomic E-state index is 13.2. The van der Waals surface area contributed by atoms with Crippen LogP contribution in [0.5, 0.6) is 0 Å². The molecule has 0 radical (unpaired) electrons. The fourth-order valence-electron chi connectivity index (χ4n) is 1.36. The molecule has 0 unspecified atom stereocenters. The Bertz CT molecular complexity index is 466. The second-order valence-corrected chi connectivity index (χ2v) is 5.39. The molecule has 0 saturated carbocycles. The van der Waals surface area contributed by atoms with E-state index >= 15 is 0 Å². The van der Waals surface area contributed by atoms with Crippen LogP contribution in [0.3, 0.4) is 0 Å². The zero-order valence-corrected chi connectivity index (χ0v) is 11.5. The number of nitrogens with two attached hydrogens (primary N) is 1. The lowest BCUT2D eigenvalue weighted by molar-refractivity contribution is 0.0944. The summed E-state index contributed by atoms with van der Waals surface area (Å²) in [6, 6.07) is 4.21. The third-order valence-electron chi connectivity index (χ3n) is 2.66. The first-order chi connectivity index (χ1) is 8.22. The molecule has 0 saturated heterocycles. The fraction of sp³-hybridized carbons (Fsp3) is 0.385. The van der Waals surface area contributed by atoms with Crippen LogP contribution < -0.4 is 11.1 Å². The number of thiocarbonyl (C=S) groups is 1. The van der Waals surface area contributed by atoms with E-state index in [2.05, 4.69) is 5.32 Å². The highest BCUT2D eigenvalue weighted by molar-refractivity contribution is 7.80. The molecular weight excluding hydrogens is 251 g/mol.